The van der Waals surface area contributed by atoms with Crippen molar-refractivity contribution in [3.8, 4) is 0 Å². The molecule has 0 aliphatic heterocycles. The van der Waals surface area contributed by atoms with Crippen LogP contribution in [0.1, 0.15) is 11.1 Å². The first-order chi connectivity index (χ1) is 6.29. The van der Waals surface area contributed by atoms with E-state index in [9.17, 15) is 12.8 Å². The predicted octanol–water partition coefficient (Wildman–Crippen LogP) is 2.86. The normalized spacial score (nSPS) is 11.7. The van der Waals surface area contributed by atoms with E-state index in [-0.39, 0.29) is 10.6 Å². The van der Waals surface area contributed by atoms with Crippen molar-refractivity contribution < 1.29 is 12.8 Å². The lowest BCUT2D eigenvalue weighted by Crippen LogP contribution is -1.99. The second kappa shape index (κ2) is 4.04. The highest BCUT2D eigenvalue weighted by molar-refractivity contribution is 8.13. The lowest BCUT2D eigenvalue weighted by molar-refractivity contribution is 0.607. The van der Waals surface area contributed by atoms with Crippen molar-refractivity contribution in [2.45, 2.75) is 12.7 Å². The Morgan fingerprint density at radius 2 is 2.00 bits per heavy atom. The summed E-state index contributed by atoms with van der Waals surface area (Å²) in [5.41, 5.74) is 0.808. The number of rotatable bonds is 2. The smallest absolute Gasteiger partial charge is 0.212 e. The van der Waals surface area contributed by atoms with Crippen LogP contribution >= 0.6 is 22.3 Å². The number of benzene rings is 1. The van der Waals surface area contributed by atoms with Crippen molar-refractivity contribution in [1.29, 1.82) is 0 Å². The highest BCUT2D eigenvalue weighted by atomic mass is 35.7. The molecule has 0 heterocycles. The van der Waals surface area contributed by atoms with E-state index >= 15 is 0 Å². The van der Waals surface area contributed by atoms with E-state index in [2.05, 4.69) is 0 Å². The van der Waals surface area contributed by atoms with Crippen molar-refractivity contribution in [1.82, 2.24) is 0 Å². The highest BCUT2D eigenvalue weighted by Crippen LogP contribution is 2.23. The molecule has 1 rings (SSSR count). The second-order valence-electron chi connectivity index (χ2n) is 2.85. The maximum absolute atomic E-state index is 12.9. The van der Waals surface area contributed by atoms with Crippen LogP contribution in [0.5, 0.6) is 0 Å². The van der Waals surface area contributed by atoms with Gasteiger partial charge in [-0.05, 0) is 30.2 Å². The predicted molar refractivity (Wildman–Crippen MR) is 54.6 cm³/mol. The molecule has 2 nitrogen and oxygen atoms in total. The number of hydrogen-bond acceptors (Lipinski definition) is 2. The van der Waals surface area contributed by atoms with Gasteiger partial charge in [0.15, 0.2) is 0 Å². The van der Waals surface area contributed by atoms with Gasteiger partial charge < -0.3 is 0 Å². The van der Waals surface area contributed by atoms with E-state index in [1.54, 1.807) is 6.92 Å². The summed E-state index contributed by atoms with van der Waals surface area (Å²) in [6.45, 7) is 1.61. The molecule has 0 unspecified atom stereocenters. The van der Waals surface area contributed by atoms with Crippen molar-refractivity contribution in [3.63, 3.8) is 0 Å². The minimum Gasteiger partial charge on any atom is -0.212 e. The third-order valence-electron chi connectivity index (χ3n) is 1.74. The summed E-state index contributed by atoms with van der Waals surface area (Å²) in [7, 11) is 1.36. The maximum Gasteiger partial charge on any atom is 0.236 e. The van der Waals surface area contributed by atoms with E-state index < -0.39 is 20.6 Å². The molecule has 0 saturated carbocycles. The SMILES string of the molecule is Cc1c(Cl)cc(F)cc1CS(=O)(=O)Cl. The Kier molecular flexibility index (Phi) is 3.40. The summed E-state index contributed by atoms with van der Waals surface area (Å²) in [5, 5.41) is 0.195. The zero-order chi connectivity index (χ0) is 10.9. The molecule has 0 fully saturated rings. The summed E-state index contributed by atoms with van der Waals surface area (Å²) < 4.78 is 34.4. The molecule has 0 amide bonds. The molecule has 0 spiro atoms. The van der Waals surface area contributed by atoms with Crippen LogP contribution in [-0.2, 0) is 14.8 Å². The van der Waals surface area contributed by atoms with Crippen molar-refractivity contribution in [2.75, 3.05) is 0 Å². The molecule has 1 aromatic rings. The van der Waals surface area contributed by atoms with Gasteiger partial charge in [-0.1, -0.05) is 11.6 Å². The summed E-state index contributed by atoms with van der Waals surface area (Å²) in [6, 6.07) is 2.24. The van der Waals surface area contributed by atoms with Crippen LogP contribution in [-0.4, -0.2) is 8.42 Å². The molecule has 14 heavy (non-hydrogen) atoms. The molecule has 0 aromatic heterocycles. The Balaban J connectivity index is 3.22. The molecule has 0 aliphatic carbocycles. The number of hydrogen-bond donors (Lipinski definition) is 0. The van der Waals surface area contributed by atoms with Gasteiger partial charge in [-0.15, -0.1) is 0 Å². The number of halogens is 3. The van der Waals surface area contributed by atoms with E-state index in [1.807, 2.05) is 0 Å². The molecular weight excluding hydrogens is 250 g/mol. The minimum atomic E-state index is -3.69. The zero-order valence-corrected chi connectivity index (χ0v) is 9.55. The molecule has 1 aromatic carbocycles. The third kappa shape index (κ3) is 3.12. The van der Waals surface area contributed by atoms with Gasteiger partial charge in [0.25, 0.3) is 0 Å². The Bertz CT molecular complexity index is 457. The van der Waals surface area contributed by atoms with Gasteiger partial charge in [-0.2, -0.15) is 0 Å². The maximum atomic E-state index is 12.9. The van der Waals surface area contributed by atoms with Gasteiger partial charge in [0.1, 0.15) is 5.82 Å². The summed E-state index contributed by atoms with van der Waals surface area (Å²) in [5.74, 6) is -0.992. The first-order valence-corrected chi connectivity index (χ1v) is 6.52. The van der Waals surface area contributed by atoms with Gasteiger partial charge in [0, 0.05) is 15.7 Å². The van der Waals surface area contributed by atoms with Gasteiger partial charge in [0.05, 0.1) is 5.75 Å². The van der Waals surface area contributed by atoms with Crippen molar-refractivity contribution in [2.24, 2.45) is 0 Å². The first-order valence-electron chi connectivity index (χ1n) is 3.66. The van der Waals surface area contributed by atoms with Gasteiger partial charge in [0.2, 0.25) is 9.05 Å². The van der Waals surface area contributed by atoms with E-state index in [4.69, 9.17) is 22.3 Å². The fourth-order valence-electron chi connectivity index (χ4n) is 1.03. The largest absolute Gasteiger partial charge is 0.236 e. The molecule has 0 radical (unpaired) electrons. The highest BCUT2D eigenvalue weighted by Gasteiger charge is 2.12. The van der Waals surface area contributed by atoms with Crippen LogP contribution in [0.3, 0.4) is 0 Å². The molecule has 0 N–H and O–H groups in total. The van der Waals surface area contributed by atoms with E-state index in [0.29, 0.717) is 5.56 Å². The second-order valence-corrected chi connectivity index (χ2v) is 6.04. The van der Waals surface area contributed by atoms with Gasteiger partial charge in [-0.25, -0.2) is 12.8 Å². The van der Waals surface area contributed by atoms with Crippen molar-refractivity contribution in [3.05, 3.63) is 34.1 Å². The monoisotopic (exact) mass is 256 g/mol. The Hall–Kier alpha value is -0.320. The standard InChI is InChI=1S/C8H7Cl2FO2S/c1-5-6(4-14(10,12)13)2-7(11)3-8(5)9/h2-3H,4H2,1H3. The molecule has 6 heteroatoms. The van der Waals surface area contributed by atoms with Crippen LogP contribution < -0.4 is 0 Å². The molecule has 78 valence electrons. The topological polar surface area (TPSA) is 34.1 Å². The summed E-state index contributed by atoms with van der Waals surface area (Å²) >= 11 is 5.67. The molecule has 0 saturated heterocycles. The van der Waals surface area contributed by atoms with Crippen molar-refractivity contribution >= 4 is 31.3 Å². The summed E-state index contributed by atoms with van der Waals surface area (Å²) in [4.78, 5) is 0. The molecule has 0 aliphatic rings. The fraction of sp³-hybridized carbons (Fsp3) is 0.250. The molecule has 0 atom stereocenters. The lowest BCUT2D eigenvalue weighted by atomic mass is 10.1. The van der Waals surface area contributed by atoms with Crippen LogP contribution in [0, 0.1) is 12.7 Å². The van der Waals surface area contributed by atoms with Crippen LogP contribution in [0.25, 0.3) is 0 Å². The van der Waals surface area contributed by atoms with Crippen LogP contribution in [0.15, 0.2) is 12.1 Å². The average Bonchev–Trinajstić information content (AvgIpc) is 1.96. The first kappa shape index (κ1) is 11.8. The van der Waals surface area contributed by atoms with Gasteiger partial charge in [-0.3, -0.25) is 0 Å². The quantitative estimate of drug-likeness (QED) is 0.763. The average molecular weight is 257 g/mol. The van der Waals surface area contributed by atoms with Crippen LogP contribution in [0.2, 0.25) is 5.02 Å². The molecule has 0 bridgehead atoms. The van der Waals surface area contributed by atoms with E-state index in [1.165, 1.54) is 0 Å². The zero-order valence-electron chi connectivity index (χ0n) is 7.22. The Morgan fingerprint density at radius 3 is 2.50 bits per heavy atom. The third-order valence-corrected chi connectivity index (χ3v) is 3.12. The summed E-state index contributed by atoms with van der Waals surface area (Å²) in [6.07, 6.45) is 0. The molecular formula is C8H7Cl2FO2S. The van der Waals surface area contributed by atoms with Crippen LogP contribution in [0.4, 0.5) is 4.39 Å². The fourth-order valence-corrected chi connectivity index (χ4v) is 2.28. The minimum absolute atomic E-state index is 0.195. The lowest BCUT2D eigenvalue weighted by Gasteiger charge is -2.05. The van der Waals surface area contributed by atoms with E-state index in [0.717, 1.165) is 12.1 Å². The Morgan fingerprint density at radius 1 is 1.43 bits per heavy atom. The Labute approximate surface area is 91.1 Å². The van der Waals surface area contributed by atoms with Gasteiger partial charge >= 0.3 is 0 Å².